The Morgan fingerprint density at radius 2 is 2.40 bits per heavy atom. The minimum atomic E-state index is 0.0457. The number of hydrogen-bond donors (Lipinski definition) is 2. The molecule has 0 spiro atoms. The van der Waals surface area contributed by atoms with Gasteiger partial charge in [0.05, 0.1) is 12.6 Å². The van der Waals surface area contributed by atoms with Gasteiger partial charge in [0.2, 0.25) is 5.91 Å². The number of nitrogens with one attached hydrogen (secondary N) is 1. The SMILES string of the molecule is CNC(=O)CN1CCC(OC)CC1CN. The second kappa shape index (κ2) is 6.05. The van der Waals surface area contributed by atoms with Gasteiger partial charge < -0.3 is 15.8 Å². The first-order valence-electron chi connectivity index (χ1n) is 5.38. The van der Waals surface area contributed by atoms with Crippen molar-refractivity contribution in [3.05, 3.63) is 0 Å². The maximum Gasteiger partial charge on any atom is 0.233 e. The van der Waals surface area contributed by atoms with Gasteiger partial charge in [-0.1, -0.05) is 0 Å². The molecule has 0 aromatic heterocycles. The fourth-order valence-corrected chi connectivity index (χ4v) is 1.99. The summed E-state index contributed by atoms with van der Waals surface area (Å²) in [5.74, 6) is 0.0457. The van der Waals surface area contributed by atoms with Crippen LogP contribution in [0.15, 0.2) is 0 Å². The smallest absolute Gasteiger partial charge is 0.233 e. The van der Waals surface area contributed by atoms with Crippen molar-refractivity contribution in [3.63, 3.8) is 0 Å². The zero-order valence-electron chi connectivity index (χ0n) is 9.53. The van der Waals surface area contributed by atoms with E-state index in [0.29, 0.717) is 19.2 Å². The van der Waals surface area contributed by atoms with E-state index in [1.54, 1.807) is 14.2 Å². The van der Waals surface area contributed by atoms with E-state index in [1.807, 2.05) is 0 Å². The highest BCUT2D eigenvalue weighted by molar-refractivity contribution is 5.77. The van der Waals surface area contributed by atoms with Gasteiger partial charge in [0.15, 0.2) is 0 Å². The lowest BCUT2D eigenvalue weighted by atomic mass is 9.99. The summed E-state index contributed by atoms with van der Waals surface area (Å²) in [5, 5.41) is 2.63. The van der Waals surface area contributed by atoms with Gasteiger partial charge >= 0.3 is 0 Å². The normalized spacial score (nSPS) is 27.7. The van der Waals surface area contributed by atoms with Gasteiger partial charge in [-0.25, -0.2) is 0 Å². The number of rotatable bonds is 4. The molecular formula is C10H21N3O2. The van der Waals surface area contributed by atoms with Crippen LogP contribution in [0.3, 0.4) is 0 Å². The summed E-state index contributed by atoms with van der Waals surface area (Å²) in [6.45, 7) is 1.90. The average Bonchev–Trinajstić information content (AvgIpc) is 2.29. The predicted octanol–water partition coefficient (Wildman–Crippen LogP) is -0.829. The Morgan fingerprint density at radius 1 is 1.67 bits per heavy atom. The maximum absolute atomic E-state index is 11.3. The molecular weight excluding hydrogens is 194 g/mol. The zero-order chi connectivity index (χ0) is 11.3. The van der Waals surface area contributed by atoms with Gasteiger partial charge in [0, 0.05) is 33.3 Å². The second-order valence-electron chi connectivity index (χ2n) is 3.92. The van der Waals surface area contributed by atoms with Crippen LogP contribution >= 0.6 is 0 Å². The first kappa shape index (κ1) is 12.4. The lowest BCUT2D eigenvalue weighted by Gasteiger charge is -2.37. The standard InChI is InChI=1S/C10H21N3O2/c1-12-10(14)7-13-4-3-9(15-2)5-8(13)6-11/h8-9H,3-7,11H2,1-2H3,(H,12,14). The summed E-state index contributed by atoms with van der Waals surface area (Å²) in [6, 6.07) is 0.265. The molecule has 15 heavy (non-hydrogen) atoms. The maximum atomic E-state index is 11.3. The van der Waals surface area contributed by atoms with Crippen molar-refractivity contribution in [3.8, 4) is 0 Å². The van der Waals surface area contributed by atoms with Crippen molar-refractivity contribution in [1.82, 2.24) is 10.2 Å². The minimum absolute atomic E-state index is 0.0457. The summed E-state index contributed by atoms with van der Waals surface area (Å²) in [7, 11) is 3.38. The number of methoxy groups -OCH3 is 1. The molecule has 88 valence electrons. The largest absolute Gasteiger partial charge is 0.381 e. The summed E-state index contributed by atoms with van der Waals surface area (Å²) in [5.41, 5.74) is 5.70. The number of likely N-dealkylation sites (N-methyl/N-ethyl adjacent to an activating group) is 1. The van der Waals surface area contributed by atoms with E-state index in [-0.39, 0.29) is 11.9 Å². The van der Waals surface area contributed by atoms with Crippen LogP contribution in [-0.2, 0) is 9.53 Å². The number of piperidine rings is 1. The van der Waals surface area contributed by atoms with Crippen LogP contribution in [0.5, 0.6) is 0 Å². The lowest BCUT2D eigenvalue weighted by Crippen LogP contribution is -2.51. The van der Waals surface area contributed by atoms with Crippen LogP contribution in [0.2, 0.25) is 0 Å². The number of hydrogen-bond acceptors (Lipinski definition) is 4. The molecule has 0 aliphatic carbocycles. The Balaban J connectivity index is 2.47. The Morgan fingerprint density at radius 3 is 2.93 bits per heavy atom. The van der Waals surface area contributed by atoms with Crippen molar-refractivity contribution in [2.75, 3.05) is 33.8 Å². The molecule has 3 N–H and O–H groups in total. The molecule has 1 amide bonds. The molecule has 0 aromatic rings. The summed E-state index contributed by atoms with van der Waals surface area (Å²) >= 11 is 0. The van der Waals surface area contributed by atoms with Crippen LogP contribution in [0.25, 0.3) is 0 Å². The highest BCUT2D eigenvalue weighted by Crippen LogP contribution is 2.18. The number of likely N-dealkylation sites (tertiary alicyclic amines) is 1. The van der Waals surface area contributed by atoms with Crippen molar-refractivity contribution >= 4 is 5.91 Å². The van der Waals surface area contributed by atoms with Crippen molar-refractivity contribution in [2.45, 2.75) is 25.0 Å². The summed E-state index contributed by atoms with van der Waals surface area (Å²) in [4.78, 5) is 13.4. The number of ether oxygens (including phenoxy) is 1. The second-order valence-corrected chi connectivity index (χ2v) is 3.92. The third-order valence-corrected chi connectivity index (χ3v) is 3.02. The van der Waals surface area contributed by atoms with Crippen LogP contribution in [0, 0.1) is 0 Å². The molecule has 0 bridgehead atoms. The Hall–Kier alpha value is -0.650. The van der Waals surface area contributed by atoms with Crippen LogP contribution in [0.1, 0.15) is 12.8 Å². The van der Waals surface area contributed by atoms with E-state index in [0.717, 1.165) is 19.4 Å². The van der Waals surface area contributed by atoms with Gasteiger partial charge in [-0.15, -0.1) is 0 Å². The Kier molecular flexibility index (Phi) is 5.01. The number of nitrogens with zero attached hydrogens (tertiary/aromatic N) is 1. The van der Waals surface area contributed by atoms with Crippen molar-refractivity contribution in [2.24, 2.45) is 5.73 Å². The van der Waals surface area contributed by atoms with E-state index in [9.17, 15) is 4.79 Å². The van der Waals surface area contributed by atoms with E-state index < -0.39 is 0 Å². The molecule has 1 fully saturated rings. The van der Waals surface area contributed by atoms with Crippen molar-refractivity contribution in [1.29, 1.82) is 0 Å². The Labute approximate surface area is 90.9 Å². The molecule has 0 radical (unpaired) electrons. The number of carbonyl (C=O) groups is 1. The van der Waals surface area contributed by atoms with Gasteiger partial charge in [-0.3, -0.25) is 9.69 Å². The monoisotopic (exact) mass is 215 g/mol. The first-order valence-corrected chi connectivity index (χ1v) is 5.38. The highest BCUT2D eigenvalue weighted by atomic mass is 16.5. The molecule has 1 aliphatic rings. The van der Waals surface area contributed by atoms with Crippen LogP contribution < -0.4 is 11.1 Å². The molecule has 5 nitrogen and oxygen atoms in total. The van der Waals surface area contributed by atoms with Gasteiger partial charge in [0.1, 0.15) is 0 Å². The van der Waals surface area contributed by atoms with Gasteiger partial charge in [-0.2, -0.15) is 0 Å². The summed E-state index contributed by atoms with van der Waals surface area (Å²) in [6.07, 6.45) is 2.19. The lowest BCUT2D eigenvalue weighted by molar-refractivity contribution is -0.123. The summed E-state index contributed by atoms with van der Waals surface area (Å²) < 4.78 is 5.32. The molecule has 5 heteroatoms. The van der Waals surface area contributed by atoms with Gasteiger partial charge in [-0.05, 0) is 12.8 Å². The van der Waals surface area contributed by atoms with E-state index in [1.165, 1.54) is 0 Å². The molecule has 0 aromatic carbocycles. The Bertz CT molecular complexity index is 211. The molecule has 2 unspecified atom stereocenters. The van der Waals surface area contributed by atoms with E-state index in [4.69, 9.17) is 10.5 Å². The molecule has 1 saturated heterocycles. The van der Waals surface area contributed by atoms with Crippen LogP contribution in [-0.4, -0.2) is 56.7 Å². The topological polar surface area (TPSA) is 67.6 Å². The number of nitrogens with two attached hydrogens (primary N) is 1. The number of carbonyl (C=O) groups excluding carboxylic acids is 1. The van der Waals surface area contributed by atoms with Crippen LogP contribution in [0.4, 0.5) is 0 Å². The van der Waals surface area contributed by atoms with E-state index >= 15 is 0 Å². The van der Waals surface area contributed by atoms with E-state index in [2.05, 4.69) is 10.2 Å². The predicted molar refractivity (Wildman–Crippen MR) is 58.5 cm³/mol. The molecule has 1 heterocycles. The molecule has 2 atom stereocenters. The minimum Gasteiger partial charge on any atom is -0.381 e. The zero-order valence-corrected chi connectivity index (χ0v) is 9.53. The quantitative estimate of drug-likeness (QED) is 0.642. The highest BCUT2D eigenvalue weighted by Gasteiger charge is 2.28. The third-order valence-electron chi connectivity index (χ3n) is 3.02. The molecule has 0 saturated carbocycles. The fourth-order valence-electron chi connectivity index (χ4n) is 1.99. The molecule has 1 aliphatic heterocycles. The fraction of sp³-hybridized carbons (Fsp3) is 0.900. The molecule has 1 rings (SSSR count). The third kappa shape index (κ3) is 3.44. The number of amides is 1. The average molecular weight is 215 g/mol. The first-order chi connectivity index (χ1) is 7.21. The van der Waals surface area contributed by atoms with Gasteiger partial charge in [0.25, 0.3) is 0 Å². The van der Waals surface area contributed by atoms with Crippen molar-refractivity contribution < 1.29 is 9.53 Å².